The number of carbonyl (C=O) groups is 1. The van der Waals surface area contributed by atoms with E-state index in [1.165, 1.54) is 23.1 Å². The Balaban J connectivity index is 1.30. The van der Waals surface area contributed by atoms with Crippen LogP contribution in [0.3, 0.4) is 0 Å². The van der Waals surface area contributed by atoms with Gasteiger partial charge in [-0.15, -0.1) is 11.3 Å². The minimum atomic E-state index is 0.0317. The van der Waals surface area contributed by atoms with Gasteiger partial charge in [-0.25, -0.2) is 4.98 Å². The average Bonchev–Trinajstić information content (AvgIpc) is 3.28. The second kappa shape index (κ2) is 8.03. The molecule has 4 rings (SSSR count). The van der Waals surface area contributed by atoms with Crippen molar-refractivity contribution in [2.75, 3.05) is 26.2 Å². The van der Waals surface area contributed by atoms with Gasteiger partial charge in [-0.3, -0.25) is 9.69 Å². The van der Waals surface area contributed by atoms with E-state index in [0.717, 1.165) is 56.1 Å². The zero-order valence-corrected chi connectivity index (χ0v) is 16.3. The molecular formula is C20H28N4OS. The molecule has 1 aromatic heterocycles. The first-order chi connectivity index (χ1) is 12.7. The second-order valence-corrected chi connectivity index (χ2v) is 8.91. The summed E-state index contributed by atoms with van der Waals surface area (Å²) in [5.41, 5.74) is 2.47. The largest absolute Gasteiger partial charge is 0.354 e. The minimum absolute atomic E-state index is 0.0317. The Morgan fingerprint density at radius 1 is 1.38 bits per heavy atom. The van der Waals surface area contributed by atoms with Crippen molar-refractivity contribution < 1.29 is 4.79 Å². The predicted molar refractivity (Wildman–Crippen MR) is 106 cm³/mol. The highest BCUT2D eigenvalue weighted by Crippen LogP contribution is 2.24. The normalized spacial score (nSPS) is 24.2. The van der Waals surface area contributed by atoms with E-state index in [-0.39, 0.29) is 11.9 Å². The summed E-state index contributed by atoms with van der Waals surface area (Å²) in [6.07, 6.45) is 4.51. The molecule has 2 unspecified atom stereocenters. The molecule has 2 aromatic rings. The first kappa shape index (κ1) is 17.9. The Labute approximate surface area is 159 Å². The highest BCUT2D eigenvalue weighted by molar-refractivity contribution is 7.18. The third kappa shape index (κ3) is 4.24. The molecule has 2 N–H and O–H groups in total. The zero-order valence-electron chi connectivity index (χ0n) is 15.5. The van der Waals surface area contributed by atoms with Crippen molar-refractivity contribution in [2.24, 2.45) is 5.92 Å². The number of fused-ring (bicyclic) bond motifs is 1. The quantitative estimate of drug-likeness (QED) is 0.847. The number of aromatic nitrogens is 1. The molecule has 0 saturated carbocycles. The number of aryl methyl sites for hydroxylation is 1. The lowest BCUT2D eigenvalue weighted by Crippen LogP contribution is -2.45. The number of amides is 1. The van der Waals surface area contributed by atoms with Crippen LogP contribution in [0.4, 0.5) is 0 Å². The predicted octanol–water partition coefficient (Wildman–Crippen LogP) is 2.68. The van der Waals surface area contributed by atoms with E-state index in [1.54, 1.807) is 11.3 Å². The number of rotatable bonds is 5. The molecule has 0 aliphatic carbocycles. The van der Waals surface area contributed by atoms with E-state index in [0.29, 0.717) is 5.92 Å². The van der Waals surface area contributed by atoms with Gasteiger partial charge in [0.1, 0.15) is 0 Å². The number of hydrogen-bond acceptors (Lipinski definition) is 5. The Morgan fingerprint density at radius 3 is 3.15 bits per heavy atom. The molecule has 2 aliphatic rings. The molecule has 2 atom stereocenters. The fourth-order valence-electron chi connectivity index (χ4n) is 4.18. The number of likely N-dealkylation sites (tertiary alicyclic amines) is 1. The molecule has 0 spiro atoms. The zero-order chi connectivity index (χ0) is 17.9. The van der Waals surface area contributed by atoms with Crippen molar-refractivity contribution in [1.82, 2.24) is 20.5 Å². The van der Waals surface area contributed by atoms with Crippen LogP contribution in [0.15, 0.2) is 18.2 Å². The maximum absolute atomic E-state index is 12.2. The number of nitrogens with one attached hydrogen (secondary N) is 2. The van der Waals surface area contributed by atoms with Gasteiger partial charge in [0.25, 0.3) is 0 Å². The van der Waals surface area contributed by atoms with Gasteiger partial charge in [0, 0.05) is 19.6 Å². The van der Waals surface area contributed by atoms with Gasteiger partial charge in [0.2, 0.25) is 5.91 Å². The van der Waals surface area contributed by atoms with Crippen LogP contribution in [0.2, 0.25) is 0 Å². The smallest absolute Gasteiger partial charge is 0.237 e. The topological polar surface area (TPSA) is 57.3 Å². The standard InChI is InChI=1S/C20H28N4OS/c1-14-23-17-7-6-15(10-19(17)26-14)12-24-9-3-4-16(13-24)11-22-20(25)18-5-2-8-21-18/h6-7,10,16,18,21H,2-5,8-9,11-13H2,1H3,(H,22,25). The highest BCUT2D eigenvalue weighted by atomic mass is 32.1. The lowest BCUT2D eigenvalue weighted by atomic mass is 9.97. The number of carbonyl (C=O) groups excluding carboxylic acids is 1. The number of benzene rings is 1. The third-order valence-corrected chi connectivity index (χ3v) is 6.44. The van der Waals surface area contributed by atoms with Crippen molar-refractivity contribution in [3.63, 3.8) is 0 Å². The maximum Gasteiger partial charge on any atom is 0.237 e. The molecule has 2 fully saturated rings. The first-order valence-electron chi connectivity index (χ1n) is 9.77. The average molecular weight is 373 g/mol. The van der Waals surface area contributed by atoms with E-state index < -0.39 is 0 Å². The SMILES string of the molecule is Cc1nc2ccc(CN3CCCC(CNC(=O)C4CCCN4)C3)cc2s1. The Bertz CT molecular complexity index is 768. The van der Waals surface area contributed by atoms with Crippen LogP contribution in [0.5, 0.6) is 0 Å². The van der Waals surface area contributed by atoms with Gasteiger partial charge in [-0.05, 0) is 69.3 Å². The van der Waals surface area contributed by atoms with Crippen LogP contribution in [-0.2, 0) is 11.3 Å². The molecule has 3 heterocycles. The van der Waals surface area contributed by atoms with Gasteiger partial charge < -0.3 is 10.6 Å². The van der Waals surface area contributed by atoms with Gasteiger partial charge in [0.05, 0.1) is 21.3 Å². The molecule has 1 amide bonds. The molecule has 2 saturated heterocycles. The molecule has 2 aliphatic heterocycles. The minimum Gasteiger partial charge on any atom is -0.354 e. The van der Waals surface area contributed by atoms with E-state index in [9.17, 15) is 4.79 Å². The molecule has 1 aromatic carbocycles. The summed E-state index contributed by atoms with van der Waals surface area (Å²) < 4.78 is 1.28. The maximum atomic E-state index is 12.2. The summed E-state index contributed by atoms with van der Waals surface area (Å²) in [7, 11) is 0. The fraction of sp³-hybridized carbons (Fsp3) is 0.600. The van der Waals surface area contributed by atoms with Gasteiger partial charge in [-0.2, -0.15) is 0 Å². The second-order valence-electron chi connectivity index (χ2n) is 7.67. The van der Waals surface area contributed by atoms with Crippen LogP contribution in [0.1, 0.15) is 36.3 Å². The van der Waals surface area contributed by atoms with Crippen LogP contribution in [0.25, 0.3) is 10.2 Å². The van der Waals surface area contributed by atoms with Crippen LogP contribution in [0, 0.1) is 12.8 Å². The van der Waals surface area contributed by atoms with E-state index >= 15 is 0 Å². The molecule has 26 heavy (non-hydrogen) atoms. The van der Waals surface area contributed by atoms with Gasteiger partial charge >= 0.3 is 0 Å². The van der Waals surface area contributed by atoms with Crippen LogP contribution >= 0.6 is 11.3 Å². The molecule has 6 heteroatoms. The summed E-state index contributed by atoms with van der Waals surface area (Å²) in [4.78, 5) is 19.3. The summed E-state index contributed by atoms with van der Waals surface area (Å²) in [5, 5.41) is 7.57. The van der Waals surface area contributed by atoms with Crippen molar-refractivity contribution in [1.29, 1.82) is 0 Å². The Kier molecular flexibility index (Phi) is 5.52. The Hall–Kier alpha value is -1.50. The number of thiazole rings is 1. The van der Waals surface area contributed by atoms with E-state index in [1.807, 2.05) is 0 Å². The van der Waals surface area contributed by atoms with Crippen molar-refractivity contribution in [3.05, 3.63) is 28.8 Å². The molecule has 5 nitrogen and oxygen atoms in total. The van der Waals surface area contributed by atoms with Crippen molar-refractivity contribution in [2.45, 2.75) is 45.2 Å². The lowest BCUT2D eigenvalue weighted by molar-refractivity contribution is -0.123. The van der Waals surface area contributed by atoms with Crippen LogP contribution < -0.4 is 10.6 Å². The summed E-state index contributed by atoms with van der Waals surface area (Å²) in [6, 6.07) is 6.67. The van der Waals surface area contributed by atoms with Gasteiger partial charge in [0.15, 0.2) is 0 Å². The molecular weight excluding hydrogens is 344 g/mol. The molecule has 140 valence electrons. The lowest BCUT2D eigenvalue weighted by Gasteiger charge is -2.33. The third-order valence-electron chi connectivity index (χ3n) is 5.51. The van der Waals surface area contributed by atoms with E-state index in [2.05, 4.69) is 45.6 Å². The first-order valence-corrected chi connectivity index (χ1v) is 10.6. The molecule has 0 bridgehead atoms. The van der Waals surface area contributed by atoms with E-state index in [4.69, 9.17) is 0 Å². The number of nitrogens with zero attached hydrogens (tertiary/aromatic N) is 2. The van der Waals surface area contributed by atoms with Crippen molar-refractivity contribution in [3.8, 4) is 0 Å². The summed E-state index contributed by atoms with van der Waals surface area (Å²) >= 11 is 1.77. The number of piperidine rings is 1. The number of hydrogen-bond donors (Lipinski definition) is 2. The molecule has 0 radical (unpaired) electrons. The monoisotopic (exact) mass is 372 g/mol. The summed E-state index contributed by atoms with van der Waals surface area (Å²) in [5.74, 6) is 0.745. The van der Waals surface area contributed by atoms with Gasteiger partial charge in [-0.1, -0.05) is 6.07 Å². The summed E-state index contributed by atoms with van der Waals surface area (Å²) in [6.45, 7) is 7.04. The van der Waals surface area contributed by atoms with Crippen LogP contribution in [-0.4, -0.2) is 48.0 Å². The fourth-order valence-corrected chi connectivity index (χ4v) is 5.07. The highest BCUT2D eigenvalue weighted by Gasteiger charge is 2.24. The van der Waals surface area contributed by atoms with Crippen molar-refractivity contribution >= 4 is 27.5 Å². The Morgan fingerprint density at radius 2 is 2.31 bits per heavy atom.